The smallest absolute Gasteiger partial charge is 0.227 e. The van der Waals surface area contributed by atoms with Gasteiger partial charge in [0, 0.05) is 18.5 Å². The number of para-hydroxylation sites is 1. The van der Waals surface area contributed by atoms with Crippen molar-refractivity contribution in [2.45, 2.75) is 32.2 Å². The Morgan fingerprint density at radius 3 is 3.05 bits per heavy atom. The van der Waals surface area contributed by atoms with Crippen molar-refractivity contribution in [3.8, 4) is 5.69 Å². The molecule has 1 aromatic carbocycles. The Hall–Kier alpha value is -2.14. The molecule has 1 unspecified atom stereocenters. The van der Waals surface area contributed by atoms with Gasteiger partial charge in [0.25, 0.3) is 0 Å². The lowest BCUT2D eigenvalue weighted by molar-refractivity contribution is -0.116. The fraction of sp³-hybridized carbons (Fsp3) is 0.375. The zero-order valence-electron chi connectivity index (χ0n) is 12.2. The fourth-order valence-electron chi connectivity index (χ4n) is 2.74. The predicted molar refractivity (Wildman–Crippen MR) is 82.6 cm³/mol. The number of anilines is 1. The maximum absolute atomic E-state index is 12.1. The summed E-state index contributed by atoms with van der Waals surface area (Å²) in [6.07, 6.45) is 4.44. The van der Waals surface area contributed by atoms with Gasteiger partial charge in [0.05, 0.1) is 11.9 Å². The van der Waals surface area contributed by atoms with E-state index >= 15 is 0 Å². The molecule has 1 fully saturated rings. The number of carbonyl (C=O) groups excluding carboxylic acids is 1. The van der Waals surface area contributed by atoms with E-state index < -0.39 is 0 Å². The lowest BCUT2D eigenvalue weighted by atomic mass is 10.1. The van der Waals surface area contributed by atoms with Crippen molar-refractivity contribution in [2.75, 3.05) is 11.9 Å². The highest BCUT2D eigenvalue weighted by Crippen LogP contribution is 2.19. The molecule has 0 bridgehead atoms. The van der Waals surface area contributed by atoms with E-state index in [9.17, 15) is 4.79 Å². The molecule has 2 N–H and O–H groups in total. The van der Waals surface area contributed by atoms with Crippen molar-refractivity contribution < 1.29 is 4.79 Å². The first-order chi connectivity index (χ1) is 10.2. The summed E-state index contributed by atoms with van der Waals surface area (Å²) in [5.74, 6) is 0.747. The second-order valence-corrected chi connectivity index (χ2v) is 5.46. The Kier molecular flexibility index (Phi) is 4.01. The van der Waals surface area contributed by atoms with E-state index in [1.807, 2.05) is 37.3 Å². The number of carbonyl (C=O) groups is 1. The predicted octanol–water partition coefficient (Wildman–Crippen LogP) is 2.26. The van der Waals surface area contributed by atoms with Crippen molar-refractivity contribution in [3.63, 3.8) is 0 Å². The van der Waals surface area contributed by atoms with Crippen LogP contribution >= 0.6 is 0 Å². The molecular weight excluding hydrogens is 264 g/mol. The Balaban J connectivity index is 1.73. The molecule has 0 aliphatic carbocycles. The number of rotatable bonds is 4. The normalized spacial score (nSPS) is 17.9. The van der Waals surface area contributed by atoms with Crippen LogP contribution in [0.2, 0.25) is 0 Å². The first-order valence-corrected chi connectivity index (χ1v) is 7.37. The maximum atomic E-state index is 12.1. The van der Waals surface area contributed by atoms with Crippen LogP contribution in [0.25, 0.3) is 5.69 Å². The molecule has 1 aliphatic rings. The van der Waals surface area contributed by atoms with Crippen molar-refractivity contribution in [3.05, 3.63) is 42.1 Å². The summed E-state index contributed by atoms with van der Waals surface area (Å²) in [5.41, 5.74) is 2.10. The Labute approximate surface area is 124 Å². The molecule has 2 aromatic rings. The molecule has 1 saturated heterocycles. The average molecular weight is 284 g/mol. The van der Waals surface area contributed by atoms with Crippen LogP contribution in [0.4, 0.5) is 5.82 Å². The van der Waals surface area contributed by atoms with Crippen LogP contribution < -0.4 is 10.6 Å². The number of nitrogens with zero attached hydrogens (tertiary/aromatic N) is 2. The molecule has 3 rings (SSSR count). The lowest BCUT2D eigenvalue weighted by Crippen LogP contribution is -2.28. The van der Waals surface area contributed by atoms with Gasteiger partial charge in [-0.2, -0.15) is 5.10 Å². The van der Waals surface area contributed by atoms with E-state index in [4.69, 9.17) is 0 Å². The molecule has 21 heavy (non-hydrogen) atoms. The first kappa shape index (κ1) is 13.8. The SMILES string of the molecule is Cc1ccccc1-n1nccc1NC(=O)CC1CCCN1. The summed E-state index contributed by atoms with van der Waals surface area (Å²) in [7, 11) is 0. The highest BCUT2D eigenvalue weighted by molar-refractivity contribution is 5.90. The topological polar surface area (TPSA) is 59.0 Å². The molecule has 110 valence electrons. The monoisotopic (exact) mass is 284 g/mol. The Bertz CT molecular complexity index is 629. The van der Waals surface area contributed by atoms with E-state index in [0.29, 0.717) is 18.3 Å². The van der Waals surface area contributed by atoms with Crippen LogP contribution in [0.15, 0.2) is 36.5 Å². The van der Waals surface area contributed by atoms with Crippen molar-refractivity contribution in [1.82, 2.24) is 15.1 Å². The van der Waals surface area contributed by atoms with Gasteiger partial charge >= 0.3 is 0 Å². The molecule has 2 heterocycles. The third-order valence-electron chi connectivity index (χ3n) is 3.85. The van der Waals surface area contributed by atoms with E-state index in [-0.39, 0.29) is 5.91 Å². The van der Waals surface area contributed by atoms with Gasteiger partial charge in [-0.05, 0) is 37.9 Å². The number of hydrogen-bond donors (Lipinski definition) is 2. The molecule has 1 atom stereocenters. The summed E-state index contributed by atoms with van der Waals surface area (Å²) in [5, 5.41) is 10.6. The third kappa shape index (κ3) is 3.13. The average Bonchev–Trinajstić information content (AvgIpc) is 3.11. The lowest BCUT2D eigenvalue weighted by Gasteiger charge is -2.13. The number of benzene rings is 1. The minimum absolute atomic E-state index is 0.0322. The minimum atomic E-state index is 0.0322. The first-order valence-electron chi connectivity index (χ1n) is 7.37. The molecule has 0 spiro atoms. The second kappa shape index (κ2) is 6.10. The van der Waals surface area contributed by atoms with Crippen molar-refractivity contribution in [1.29, 1.82) is 0 Å². The van der Waals surface area contributed by atoms with Crippen molar-refractivity contribution in [2.24, 2.45) is 0 Å². The van der Waals surface area contributed by atoms with Gasteiger partial charge in [0.15, 0.2) is 0 Å². The molecule has 5 nitrogen and oxygen atoms in total. The van der Waals surface area contributed by atoms with Gasteiger partial charge in [0.2, 0.25) is 5.91 Å². The molecule has 0 saturated carbocycles. The Morgan fingerprint density at radius 2 is 2.29 bits per heavy atom. The van der Waals surface area contributed by atoms with Gasteiger partial charge in [-0.1, -0.05) is 18.2 Å². The maximum Gasteiger partial charge on any atom is 0.227 e. The van der Waals surface area contributed by atoms with E-state index in [1.165, 1.54) is 0 Å². The molecule has 0 radical (unpaired) electrons. The van der Waals surface area contributed by atoms with Gasteiger partial charge in [-0.25, -0.2) is 4.68 Å². The van der Waals surface area contributed by atoms with Crippen LogP contribution in [-0.2, 0) is 4.79 Å². The van der Waals surface area contributed by atoms with Gasteiger partial charge in [0.1, 0.15) is 5.82 Å². The summed E-state index contributed by atoms with van der Waals surface area (Å²) in [6.45, 7) is 3.05. The number of hydrogen-bond acceptors (Lipinski definition) is 3. The number of amides is 1. The van der Waals surface area contributed by atoms with Crippen molar-refractivity contribution >= 4 is 11.7 Å². The van der Waals surface area contributed by atoms with Crippen LogP contribution in [-0.4, -0.2) is 28.3 Å². The van der Waals surface area contributed by atoms with Crippen LogP contribution in [0.3, 0.4) is 0 Å². The van der Waals surface area contributed by atoms with E-state index in [2.05, 4.69) is 15.7 Å². The minimum Gasteiger partial charge on any atom is -0.313 e. The second-order valence-electron chi connectivity index (χ2n) is 5.46. The highest BCUT2D eigenvalue weighted by atomic mass is 16.1. The number of aryl methyl sites for hydroxylation is 1. The molecular formula is C16H20N4O. The summed E-state index contributed by atoms with van der Waals surface area (Å²) in [4.78, 5) is 12.1. The molecule has 1 aromatic heterocycles. The zero-order valence-corrected chi connectivity index (χ0v) is 12.2. The van der Waals surface area contributed by atoms with Crippen LogP contribution in [0, 0.1) is 6.92 Å². The van der Waals surface area contributed by atoms with Crippen LogP contribution in [0.5, 0.6) is 0 Å². The number of nitrogens with one attached hydrogen (secondary N) is 2. The zero-order chi connectivity index (χ0) is 14.7. The van der Waals surface area contributed by atoms with E-state index in [1.54, 1.807) is 10.9 Å². The largest absolute Gasteiger partial charge is 0.313 e. The standard InChI is InChI=1S/C16H20N4O/c1-12-5-2-3-7-14(12)20-15(8-10-18-20)19-16(21)11-13-6-4-9-17-13/h2-3,5,7-8,10,13,17H,4,6,9,11H2,1H3,(H,19,21). The van der Waals surface area contributed by atoms with E-state index in [0.717, 1.165) is 30.6 Å². The van der Waals surface area contributed by atoms with Crippen LogP contribution in [0.1, 0.15) is 24.8 Å². The summed E-state index contributed by atoms with van der Waals surface area (Å²) < 4.78 is 1.77. The van der Waals surface area contributed by atoms with Gasteiger partial charge < -0.3 is 10.6 Å². The summed E-state index contributed by atoms with van der Waals surface area (Å²) >= 11 is 0. The molecule has 1 aliphatic heterocycles. The highest BCUT2D eigenvalue weighted by Gasteiger charge is 2.18. The Morgan fingerprint density at radius 1 is 1.43 bits per heavy atom. The summed E-state index contributed by atoms with van der Waals surface area (Å²) in [6, 6.07) is 10.1. The third-order valence-corrected chi connectivity index (χ3v) is 3.85. The number of aromatic nitrogens is 2. The molecule has 5 heteroatoms. The van der Waals surface area contributed by atoms with Gasteiger partial charge in [-0.15, -0.1) is 0 Å². The van der Waals surface area contributed by atoms with Gasteiger partial charge in [-0.3, -0.25) is 4.79 Å². The molecule has 1 amide bonds. The fourth-order valence-corrected chi connectivity index (χ4v) is 2.74. The quantitative estimate of drug-likeness (QED) is 0.905.